The second-order valence-corrected chi connectivity index (χ2v) is 5.75. The topological polar surface area (TPSA) is 145 Å². The van der Waals surface area contributed by atoms with E-state index >= 15 is 0 Å². The molecule has 0 aliphatic heterocycles. The van der Waals surface area contributed by atoms with Crippen LogP contribution in [0.1, 0.15) is 5.01 Å². The summed E-state index contributed by atoms with van der Waals surface area (Å²) in [5, 5.41) is 6.33. The third-order valence-electron chi connectivity index (χ3n) is 2.13. The number of nitrogens with two attached hydrogens (primary N) is 3. The van der Waals surface area contributed by atoms with E-state index in [0.29, 0.717) is 21.5 Å². The fraction of sp³-hybridized carbons (Fsp3) is 0.200. The molecular formula is C10H15Cl2N7OS2. The van der Waals surface area contributed by atoms with E-state index in [2.05, 4.69) is 20.3 Å². The number of nitrogens with zero attached hydrogens (tertiary/aromatic N) is 3. The van der Waals surface area contributed by atoms with Gasteiger partial charge in [-0.3, -0.25) is 4.79 Å². The van der Waals surface area contributed by atoms with E-state index in [9.17, 15) is 4.79 Å². The van der Waals surface area contributed by atoms with Crippen molar-refractivity contribution in [1.29, 1.82) is 0 Å². The van der Waals surface area contributed by atoms with E-state index in [1.165, 1.54) is 22.7 Å². The Kier molecular flexibility index (Phi) is 8.27. The molecule has 0 spiro atoms. The summed E-state index contributed by atoms with van der Waals surface area (Å²) in [6.45, 7) is 1.75. The second-order valence-electron chi connectivity index (χ2n) is 3.71. The van der Waals surface area contributed by atoms with Crippen molar-refractivity contribution < 1.29 is 4.79 Å². The number of hydrogen-bond acceptors (Lipinski definition) is 7. The number of guanidine groups is 1. The fourth-order valence-corrected chi connectivity index (χ4v) is 2.93. The minimum absolute atomic E-state index is 0. The highest BCUT2D eigenvalue weighted by Crippen LogP contribution is 2.35. The van der Waals surface area contributed by atoms with E-state index in [4.69, 9.17) is 17.2 Å². The second kappa shape index (κ2) is 8.86. The molecule has 8 nitrogen and oxygen atoms in total. The molecule has 0 unspecified atom stereocenters. The number of anilines is 1. The molecule has 2 aromatic heterocycles. The SMILES string of the molecule is Cc1nc(-c2csc(N=C(N)N)n2)c(NC(=O)CN)s1.Cl.Cl. The maximum Gasteiger partial charge on any atom is 0.238 e. The number of nitrogens with one attached hydrogen (secondary N) is 1. The fourth-order valence-electron chi connectivity index (χ4n) is 1.40. The van der Waals surface area contributed by atoms with Gasteiger partial charge < -0.3 is 22.5 Å². The Morgan fingerprint density at radius 3 is 2.64 bits per heavy atom. The molecule has 0 fully saturated rings. The van der Waals surface area contributed by atoms with Gasteiger partial charge >= 0.3 is 0 Å². The zero-order valence-electron chi connectivity index (χ0n) is 11.4. The highest BCUT2D eigenvalue weighted by atomic mass is 35.5. The number of aromatic nitrogens is 2. The van der Waals surface area contributed by atoms with Crippen molar-refractivity contribution in [3.63, 3.8) is 0 Å². The van der Waals surface area contributed by atoms with Crippen LogP contribution in [0.15, 0.2) is 10.4 Å². The van der Waals surface area contributed by atoms with Crippen LogP contribution in [-0.2, 0) is 4.79 Å². The highest BCUT2D eigenvalue weighted by Gasteiger charge is 2.16. The Balaban J connectivity index is 0.00000220. The van der Waals surface area contributed by atoms with Crippen molar-refractivity contribution in [2.45, 2.75) is 6.92 Å². The number of carbonyl (C=O) groups is 1. The molecule has 1 amide bonds. The van der Waals surface area contributed by atoms with Crippen LogP contribution >= 0.6 is 47.5 Å². The van der Waals surface area contributed by atoms with Crippen LogP contribution in [0.4, 0.5) is 10.1 Å². The first-order valence-corrected chi connectivity index (χ1v) is 7.22. The molecule has 12 heteroatoms. The van der Waals surface area contributed by atoms with Gasteiger partial charge in [-0.1, -0.05) is 0 Å². The van der Waals surface area contributed by atoms with Gasteiger partial charge in [-0.25, -0.2) is 9.97 Å². The van der Waals surface area contributed by atoms with Gasteiger partial charge in [0, 0.05) is 5.38 Å². The van der Waals surface area contributed by atoms with Gasteiger partial charge in [0.25, 0.3) is 0 Å². The lowest BCUT2D eigenvalue weighted by atomic mass is 10.3. The zero-order chi connectivity index (χ0) is 14.7. The van der Waals surface area contributed by atoms with Gasteiger partial charge in [-0.05, 0) is 6.92 Å². The van der Waals surface area contributed by atoms with Gasteiger partial charge in [-0.15, -0.1) is 47.5 Å². The van der Waals surface area contributed by atoms with Crippen LogP contribution in [-0.4, -0.2) is 28.4 Å². The van der Waals surface area contributed by atoms with Crippen molar-refractivity contribution in [2.75, 3.05) is 11.9 Å². The summed E-state index contributed by atoms with van der Waals surface area (Å²) >= 11 is 2.64. The van der Waals surface area contributed by atoms with E-state index in [1.54, 1.807) is 5.38 Å². The molecular weight excluding hydrogens is 369 g/mol. The number of aryl methyl sites for hydroxylation is 1. The molecule has 0 bridgehead atoms. The standard InChI is InChI=1S/C10H13N7OS2.2ClH/c1-4-14-7(8(20-4)16-6(18)2-11)5-3-19-10(15-5)17-9(12)13;;/h3H,2,11H2,1H3,(H,16,18)(H4,12,13,15,17);2*1H. The van der Waals surface area contributed by atoms with Crippen molar-refractivity contribution >= 4 is 69.5 Å². The summed E-state index contributed by atoms with van der Waals surface area (Å²) in [7, 11) is 0. The Morgan fingerprint density at radius 1 is 1.36 bits per heavy atom. The lowest BCUT2D eigenvalue weighted by Gasteiger charge is -2.01. The molecule has 2 heterocycles. The lowest BCUT2D eigenvalue weighted by molar-refractivity contribution is -0.114. The summed E-state index contributed by atoms with van der Waals surface area (Å²) in [4.78, 5) is 23.9. The van der Waals surface area contributed by atoms with Crippen LogP contribution in [0.5, 0.6) is 0 Å². The zero-order valence-corrected chi connectivity index (χ0v) is 14.7. The number of amides is 1. The number of aliphatic imine (C=N–C) groups is 1. The average molecular weight is 384 g/mol. The Hall–Kier alpha value is -1.46. The molecule has 0 aromatic carbocycles. The molecule has 7 N–H and O–H groups in total. The minimum atomic E-state index is -0.283. The summed E-state index contributed by atoms with van der Waals surface area (Å²) < 4.78 is 0. The number of carbonyl (C=O) groups excluding carboxylic acids is 1. The molecule has 2 aromatic rings. The first-order valence-electron chi connectivity index (χ1n) is 5.52. The summed E-state index contributed by atoms with van der Waals surface area (Å²) in [6.07, 6.45) is 0. The third-order valence-corrected chi connectivity index (χ3v) is 3.75. The van der Waals surface area contributed by atoms with E-state index in [0.717, 1.165) is 5.01 Å². The molecule has 0 saturated heterocycles. The molecule has 0 aliphatic rings. The van der Waals surface area contributed by atoms with Gasteiger partial charge in [0.15, 0.2) is 5.96 Å². The van der Waals surface area contributed by atoms with Crippen LogP contribution in [0.25, 0.3) is 11.4 Å². The van der Waals surface area contributed by atoms with Crippen molar-refractivity contribution in [2.24, 2.45) is 22.2 Å². The number of thiazole rings is 2. The number of halogens is 2. The Morgan fingerprint density at radius 2 is 2.05 bits per heavy atom. The predicted molar refractivity (Wildman–Crippen MR) is 95.6 cm³/mol. The molecule has 0 radical (unpaired) electrons. The summed E-state index contributed by atoms with van der Waals surface area (Å²) in [5.41, 5.74) is 17.1. The van der Waals surface area contributed by atoms with E-state index in [1.807, 2.05) is 6.92 Å². The summed E-state index contributed by atoms with van der Waals surface area (Å²) in [5.74, 6) is -0.341. The monoisotopic (exact) mass is 383 g/mol. The minimum Gasteiger partial charge on any atom is -0.370 e. The number of rotatable bonds is 4. The van der Waals surface area contributed by atoms with Crippen molar-refractivity contribution in [3.8, 4) is 11.4 Å². The Labute approximate surface area is 147 Å². The van der Waals surface area contributed by atoms with Gasteiger partial charge in [-0.2, -0.15) is 4.99 Å². The molecule has 0 atom stereocenters. The van der Waals surface area contributed by atoms with Gasteiger partial charge in [0.2, 0.25) is 11.0 Å². The first kappa shape index (κ1) is 20.5. The molecule has 22 heavy (non-hydrogen) atoms. The smallest absolute Gasteiger partial charge is 0.238 e. The predicted octanol–water partition coefficient (Wildman–Crippen LogP) is 1.22. The average Bonchev–Trinajstić information content (AvgIpc) is 2.95. The van der Waals surface area contributed by atoms with Crippen LogP contribution in [0.3, 0.4) is 0 Å². The largest absolute Gasteiger partial charge is 0.370 e. The molecule has 122 valence electrons. The quantitative estimate of drug-likeness (QED) is 0.461. The van der Waals surface area contributed by atoms with Gasteiger partial charge in [0.05, 0.1) is 11.6 Å². The van der Waals surface area contributed by atoms with Crippen LogP contribution < -0.4 is 22.5 Å². The first-order chi connectivity index (χ1) is 9.49. The molecule has 0 aliphatic carbocycles. The summed E-state index contributed by atoms with van der Waals surface area (Å²) in [6, 6.07) is 0. The van der Waals surface area contributed by atoms with Crippen molar-refractivity contribution in [1.82, 2.24) is 9.97 Å². The van der Waals surface area contributed by atoms with Crippen LogP contribution in [0, 0.1) is 6.92 Å². The molecule has 2 rings (SSSR count). The maximum absolute atomic E-state index is 11.4. The highest BCUT2D eigenvalue weighted by molar-refractivity contribution is 7.16. The van der Waals surface area contributed by atoms with E-state index < -0.39 is 0 Å². The molecule has 0 saturated carbocycles. The Bertz CT molecular complexity index is 666. The normalized spacial score (nSPS) is 9.36. The van der Waals surface area contributed by atoms with Crippen molar-refractivity contribution in [3.05, 3.63) is 10.4 Å². The lowest BCUT2D eigenvalue weighted by Crippen LogP contribution is -2.21. The van der Waals surface area contributed by atoms with Crippen LogP contribution in [0.2, 0.25) is 0 Å². The van der Waals surface area contributed by atoms with Gasteiger partial charge in [0.1, 0.15) is 16.4 Å². The van der Waals surface area contributed by atoms with E-state index in [-0.39, 0.29) is 43.2 Å². The maximum atomic E-state index is 11.4. The number of hydrogen-bond donors (Lipinski definition) is 4. The third kappa shape index (κ3) is 5.07.